The Morgan fingerprint density at radius 3 is 2.45 bits per heavy atom. The van der Waals surface area contributed by atoms with Crippen LogP contribution in [0.4, 0.5) is 11.6 Å². The molecule has 0 saturated carbocycles. The summed E-state index contributed by atoms with van der Waals surface area (Å²) in [6.07, 6.45) is 0. The van der Waals surface area contributed by atoms with E-state index in [9.17, 15) is 4.21 Å². The average Bonchev–Trinajstić information content (AvgIpc) is 3.04. The van der Waals surface area contributed by atoms with Gasteiger partial charge in [0.2, 0.25) is 5.95 Å². The lowest BCUT2D eigenvalue weighted by molar-refractivity contribution is 0.678. The van der Waals surface area contributed by atoms with Crippen molar-refractivity contribution in [3.63, 3.8) is 0 Å². The van der Waals surface area contributed by atoms with Crippen LogP contribution >= 0.6 is 0 Å². The van der Waals surface area contributed by atoms with Crippen LogP contribution in [0, 0.1) is 0 Å². The van der Waals surface area contributed by atoms with E-state index in [2.05, 4.69) is 25.2 Å². The molecule has 0 spiro atoms. The van der Waals surface area contributed by atoms with Gasteiger partial charge in [-0.1, -0.05) is 30.3 Å². The zero-order chi connectivity index (χ0) is 15.4. The molecule has 3 N–H and O–H groups in total. The first-order chi connectivity index (χ1) is 10.8. The molecule has 0 saturated heterocycles. The Morgan fingerprint density at radius 1 is 1.05 bits per heavy atom. The zero-order valence-electron chi connectivity index (χ0n) is 11.9. The summed E-state index contributed by atoms with van der Waals surface area (Å²) in [6.45, 7) is 0. The van der Waals surface area contributed by atoms with Crippen molar-refractivity contribution in [1.29, 1.82) is 0 Å². The highest BCUT2D eigenvalue weighted by atomic mass is 32.2. The number of nitrogens with zero attached hydrogens (tertiary/aromatic N) is 2. The number of aromatic amines is 1. The zero-order valence-corrected chi connectivity index (χ0v) is 12.7. The third kappa shape index (κ3) is 3.21. The van der Waals surface area contributed by atoms with Crippen molar-refractivity contribution in [1.82, 2.24) is 19.9 Å². The summed E-state index contributed by atoms with van der Waals surface area (Å²) in [6, 6.07) is 17.0. The third-order valence-electron chi connectivity index (χ3n) is 3.04. The second-order valence-corrected chi connectivity index (χ2v) is 5.91. The van der Waals surface area contributed by atoms with Crippen LogP contribution in [-0.2, 0) is 11.0 Å². The number of H-pyrrole nitrogens is 1. The quantitative estimate of drug-likeness (QED) is 0.676. The number of benzene rings is 2. The van der Waals surface area contributed by atoms with Crippen molar-refractivity contribution in [2.75, 3.05) is 12.4 Å². The van der Waals surface area contributed by atoms with E-state index in [0.29, 0.717) is 16.7 Å². The lowest BCUT2D eigenvalue weighted by Gasteiger charge is -2.03. The summed E-state index contributed by atoms with van der Waals surface area (Å²) in [4.78, 5) is 5.12. The van der Waals surface area contributed by atoms with Gasteiger partial charge in [0.25, 0.3) is 0 Å². The second kappa shape index (κ2) is 6.50. The standard InChI is InChI=1S/C15H15N5OS/c1-16-22(21)13-9-7-12(8-10-13)17-15-18-14(19-20-15)11-5-3-2-4-6-11/h2-10,16H,1H3,(H2,17,18,19,20). The van der Waals surface area contributed by atoms with Crippen molar-refractivity contribution in [2.24, 2.45) is 0 Å². The number of anilines is 2. The molecule has 0 bridgehead atoms. The Bertz CT molecular complexity index is 770. The SMILES string of the molecule is CNS(=O)c1ccc(Nc2n[nH]c(-c3ccccc3)n2)cc1. The summed E-state index contributed by atoms with van der Waals surface area (Å²) >= 11 is 0. The first-order valence-electron chi connectivity index (χ1n) is 6.70. The molecule has 0 amide bonds. The van der Waals surface area contributed by atoms with Crippen LogP contribution in [0.3, 0.4) is 0 Å². The largest absolute Gasteiger partial charge is 0.323 e. The molecule has 0 aliphatic rings. The van der Waals surface area contributed by atoms with Gasteiger partial charge in [-0.2, -0.15) is 4.98 Å². The predicted molar refractivity (Wildman–Crippen MR) is 87.0 cm³/mol. The van der Waals surface area contributed by atoms with Gasteiger partial charge in [0.15, 0.2) is 5.82 Å². The molecule has 22 heavy (non-hydrogen) atoms. The average molecular weight is 313 g/mol. The van der Waals surface area contributed by atoms with E-state index in [-0.39, 0.29) is 0 Å². The number of hydrogen-bond acceptors (Lipinski definition) is 4. The smallest absolute Gasteiger partial charge is 0.246 e. The van der Waals surface area contributed by atoms with Gasteiger partial charge >= 0.3 is 0 Å². The molecule has 2 aromatic carbocycles. The molecule has 0 aliphatic heterocycles. The molecule has 3 rings (SSSR count). The van der Waals surface area contributed by atoms with Gasteiger partial charge in [-0.3, -0.25) is 5.10 Å². The third-order valence-corrected chi connectivity index (χ3v) is 4.11. The summed E-state index contributed by atoms with van der Waals surface area (Å²) in [7, 11) is 0.473. The van der Waals surface area contributed by atoms with E-state index in [0.717, 1.165) is 11.3 Å². The van der Waals surface area contributed by atoms with Gasteiger partial charge in [0.05, 0.1) is 4.90 Å². The molecule has 3 aromatic rings. The van der Waals surface area contributed by atoms with E-state index in [1.54, 1.807) is 19.2 Å². The van der Waals surface area contributed by atoms with Crippen LogP contribution in [0.2, 0.25) is 0 Å². The minimum atomic E-state index is -1.18. The fourth-order valence-electron chi connectivity index (χ4n) is 1.95. The Morgan fingerprint density at radius 2 is 1.77 bits per heavy atom. The van der Waals surface area contributed by atoms with Crippen molar-refractivity contribution >= 4 is 22.6 Å². The Balaban J connectivity index is 1.74. The highest BCUT2D eigenvalue weighted by molar-refractivity contribution is 7.83. The lowest BCUT2D eigenvalue weighted by atomic mass is 10.2. The molecular weight excluding hydrogens is 298 g/mol. The van der Waals surface area contributed by atoms with Gasteiger partial charge < -0.3 is 5.32 Å². The number of hydrogen-bond donors (Lipinski definition) is 3. The van der Waals surface area contributed by atoms with Gasteiger partial charge in [0, 0.05) is 11.3 Å². The highest BCUT2D eigenvalue weighted by Crippen LogP contribution is 2.18. The normalized spacial score (nSPS) is 12.0. The van der Waals surface area contributed by atoms with Crippen molar-refractivity contribution < 1.29 is 4.21 Å². The first kappa shape index (κ1) is 14.4. The number of aromatic nitrogens is 3. The van der Waals surface area contributed by atoms with Crippen molar-refractivity contribution in [3.8, 4) is 11.4 Å². The van der Waals surface area contributed by atoms with E-state index in [1.807, 2.05) is 42.5 Å². The number of rotatable bonds is 5. The van der Waals surface area contributed by atoms with Gasteiger partial charge in [0.1, 0.15) is 11.0 Å². The van der Waals surface area contributed by atoms with Gasteiger partial charge in [-0.15, -0.1) is 5.10 Å². The van der Waals surface area contributed by atoms with Crippen LogP contribution in [0.1, 0.15) is 0 Å². The summed E-state index contributed by atoms with van der Waals surface area (Å²) in [5.74, 6) is 1.19. The first-order valence-corrected chi connectivity index (χ1v) is 7.85. The molecule has 7 heteroatoms. The van der Waals surface area contributed by atoms with Crippen molar-refractivity contribution in [3.05, 3.63) is 54.6 Å². The van der Waals surface area contributed by atoms with Crippen LogP contribution in [0.5, 0.6) is 0 Å². The maximum Gasteiger partial charge on any atom is 0.246 e. The topological polar surface area (TPSA) is 82.7 Å². The summed E-state index contributed by atoms with van der Waals surface area (Å²) < 4.78 is 14.3. The summed E-state index contributed by atoms with van der Waals surface area (Å²) in [5.41, 5.74) is 1.80. The Labute approximate surface area is 130 Å². The minimum Gasteiger partial charge on any atom is -0.323 e. The number of nitrogens with one attached hydrogen (secondary N) is 3. The molecule has 112 valence electrons. The Kier molecular flexibility index (Phi) is 4.27. The molecule has 1 heterocycles. The summed E-state index contributed by atoms with van der Waals surface area (Å²) in [5, 5.41) is 10.1. The van der Waals surface area contributed by atoms with Crippen LogP contribution in [0.15, 0.2) is 59.5 Å². The monoisotopic (exact) mass is 313 g/mol. The molecule has 6 nitrogen and oxygen atoms in total. The minimum absolute atomic E-state index is 0.487. The highest BCUT2D eigenvalue weighted by Gasteiger charge is 2.06. The van der Waals surface area contributed by atoms with Crippen molar-refractivity contribution in [2.45, 2.75) is 4.90 Å². The molecule has 1 unspecified atom stereocenters. The van der Waals surface area contributed by atoms with Crippen LogP contribution in [0.25, 0.3) is 11.4 Å². The maximum absolute atomic E-state index is 11.6. The van der Waals surface area contributed by atoms with Gasteiger partial charge in [-0.05, 0) is 31.3 Å². The molecule has 0 aliphatic carbocycles. The molecule has 0 fully saturated rings. The molecule has 1 aromatic heterocycles. The van der Waals surface area contributed by atoms with Gasteiger partial charge in [-0.25, -0.2) is 8.93 Å². The van der Waals surface area contributed by atoms with E-state index in [1.165, 1.54) is 0 Å². The second-order valence-electron chi connectivity index (χ2n) is 4.50. The molecule has 1 atom stereocenters. The van der Waals surface area contributed by atoms with E-state index < -0.39 is 11.0 Å². The maximum atomic E-state index is 11.6. The van der Waals surface area contributed by atoms with Crippen LogP contribution in [-0.4, -0.2) is 26.4 Å². The molecule has 0 radical (unpaired) electrons. The van der Waals surface area contributed by atoms with E-state index >= 15 is 0 Å². The lowest BCUT2D eigenvalue weighted by Crippen LogP contribution is -2.10. The predicted octanol–water partition coefficient (Wildman–Crippen LogP) is 2.46. The fraction of sp³-hybridized carbons (Fsp3) is 0.0667. The Hall–Kier alpha value is -2.51. The fourth-order valence-corrected chi connectivity index (χ4v) is 2.57. The van der Waals surface area contributed by atoms with E-state index in [4.69, 9.17) is 0 Å². The van der Waals surface area contributed by atoms with Crippen LogP contribution < -0.4 is 10.0 Å². The molecular formula is C15H15N5OS.